The quantitative estimate of drug-likeness (QED) is 0.544. The molecule has 0 unspecified atom stereocenters. The molecule has 1 aromatic carbocycles. The summed E-state index contributed by atoms with van der Waals surface area (Å²) in [6.07, 6.45) is 0. The highest BCUT2D eigenvalue weighted by Gasteiger charge is 2.04. The van der Waals surface area contributed by atoms with E-state index in [9.17, 15) is 4.79 Å². The molecule has 0 aliphatic rings. The summed E-state index contributed by atoms with van der Waals surface area (Å²) in [5, 5.41) is 0. The van der Waals surface area contributed by atoms with Gasteiger partial charge in [-0.2, -0.15) is 0 Å². The minimum atomic E-state index is 0.0345. The van der Waals surface area contributed by atoms with E-state index in [1.54, 1.807) is 19.2 Å². The van der Waals surface area contributed by atoms with Crippen molar-refractivity contribution >= 4 is 5.78 Å². The Morgan fingerprint density at radius 3 is 2.71 bits per heavy atom. The van der Waals surface area contributed by atoms with Crippen molar-refractivity contribution in [3.63, 3.8) is 0 Å². The lowest BCUT2D eigenvalue weighted by Gasteiger charge is -2.08. The van der Waals surface area contributed by atoms with Crippen LogP contribution in [-0.4, -0.2) is 19.7 Å². The van der Waals surface area contributed by atoms with Gasteiger partial charge in [-0.3, -0.25) is 4.79 Å². The van der Waals surface area contributed by atoms with Crippen molar-refractivity contribution in [2.45, 2.75) is 13.8 Å². The molecule has 1 rings (SSSR count). The molecule has 0 aromatic heterocycles. The van der Waals surface area contributed by atoms with Crippen LogP contribution in [0.4, 0.5) is 0 Å². The van der Waals surface area contributed by atoms with E-state index in [-0.39, 0.29) is 12.6 Å². The van der Waals surface area contributed by atoms with E-state index >= 15 is 0 Å². The van der Waals surface area contributed by atoms with E-state index in [0.717, 1.165) is 5.56 Å². The number of Topliss-reactive ketones (excluding diaryl/α,β-unsaturated/α-hetero) is 1. The first-order valence-corrected chi connectivity index (χ1v) is 4.38. The molecule has 0 atom stereocenters. The predicted octanol–water partition coefficient (Wildman–Crippen LogP) is 2.18. The standard InChI is InChI=1S/C11H14O3/c1-8-4-5-10(9(2)12)6-11(8)14-7-13-3/h4-6H,7H2,1-3H3. The molecule has 0 aliphatic carbocycles. The highest BCUT2D eigenvalue weighted by atomic mass is 16.7. The Morgan fingerprint density at radius 1 is 1.43 bits per heavy atom. The summed E-state index contributed by atoms with van der Waals surface area (Å²) < 4.78 is 10.1. The summed E-state index contributed by atoms with van der Waals surface area (Å²) in [5.74, 6) is 0.729. The molecule has 0 spiro atoms. The van der Waals surface area contributed by atoms with Crippen LogP contribution >= 0.6 is 0 Å². The first-order valence-electron chi connectivity index (χ1n) is 4.38. The van der Waals surface area contributed by atoms with E-state index in [1.807, 2.05) is 13.0 Å². The van der Waals surface area contributed by atoms with Gasteiger partial charge in [0.2, 0.25) is 0 Å². The molecule has 0 aliphatic heterocycles. The molecule has 0 saturated heterocycles. The fourth-order valence-electron chi connectivity index (χ4n) is 1.10. The monoisotopic (exact) mass is 194 g/mol. The highest BCUT2D eigenvalue weighted by Crippen LogP contribution is 2.19. The summed E-state index contributed by atoms with van der Waals surface area (Å²) >= 11 is 0. The van der Waals surface area contributed by atoms with Crippen LogP contribution in [0.2, 0.25) is 0 Å². The summed E-state index contributed by atoms with van der Waals surface area (Å²) in [4.78, 5) is 11.1. The summed E-state index contributed by atoms with van der Waals surface area (Å²) in [6.45, 7) is 3.65. The smallest absolute Gasteiger partial charge is 0.188 e. The van der Waals surface area contributed by atoms with Crippen molar-refractivity contribution < 1.29 is 14.3 Å². The van der Waals surface area contributed by atoms with Crippen molar-refractivity contribution in [2.24, 2.45) is 0 Å². The molecule has 0 bridgehead atoms. The molecular formula is C11H14O3. The predicted molar refractivity (Wildman–Crippen MR) is 53.7 cm³/mol. The number of aryl methyl sites for hydroxylation is 1. The maximum atomic E-state index is 11.1. The van der Waals surface area contributed by atoms with E-state index < -0.39 is 0 Å². The SMILES string of the molecule is COCOc1cc(C(C)=O)ccc1C. The van der Waals surface area contributed by atoms with Crippen molar-refractivity contribution in [3.8, 4) is 5.75 Å². The number of carbonyl (C=O) groups excluding carboxylic acids is 1. The van der Waals surface area contributed by atoms with Gasteiger partial charge in [0, 0.05) is 12.7 Å². The summed E-state index contributed by atoms with van der Waals surface area (Å²) in [7, 11) is 1.56. The molecule has 1 aromatic rings. The van der Waals surface area contributed by atoms with Crippen molar-refractivity contribution in [1.82, 2.24) is 0 Å². The number of benzene rings is 1. The van der Waals surface area contributed by atoms with Crippen molar-refractivity contribution in [1.29, 1.82) is 0 Å². The van der Waals surface area contributed by atoms with Crippen LogP contribution in [0.3, 0.4) is 0 Å². The van der Waals surface area contributed by atoms with Gasteiger partial charge in [-0.05, 0) is 25.5 Å². The zero-order chi connectivity index (χ0) is 10.6. The van der Waals surface area contributed by atoms with Crippen LogP contribution in [0.1, 0.15) is 22.8 Å². The average Bonchev–Trinajstić information content (AvgIpc) is 2.16. The third-order valence-electron chi connectivity index (χ3n) is 1.93. The topological polar surface area (TPSA) is 35.5 Å². The molecular weight excluding hydrogens is 180 g/mol. The van der Waals surface area contributed by atoms with Crippen LogP contribution in [0, 0.1) is 6.92 Å². The van der Waals surface area contributed by atoms with Gasteiger partial charge < -0.3 is 9.47 Å². The molecule has 0 amide bonds. The molecule has 0 N–H and O–H groups in total. The average molecular weight is 194 g/mol. The van der Waals surface area contributed by atoms with Crippen molar-refractivity contribution in [3.05, 3.63) is 29.3 Å². The lowest BCUT2D eigenvalue weighted by atomic mass is 10.1. The van der Waals surface area contributed by atoms with E-state index in [0.29, 0.717) is 11.3 Å². The molecule has 76 valence electrons. The summed E-state index contributed by atoms with van der Waals surface area (Å²) in [6, 6.07) is 5.38. The fraction of sp³-hybridized carbons (Fsp3) is 0.364. The Balaban J connectivity index is 2.90. The second kappa shape index (κ2) is 4.77. The minimum absolute atomic E-state index is 0.0345. The zero-order valence-corrected chi connectivity index (χ0v) is 8.66. The van der Waals surface area contributed by atoms with Gasteiger partial charge in [0.1, 0.15) is 5.75 Å². The molecule has 0 saturated carbocycles. The van der Waals surface area contributed by atoms with Crippen LogP contribution < -0.4 is 4.74 Å². The van der Waals surface area contributed by atoms with E-state index in [4.69, 9.17) is 9.47 Å². The van der Waals surface area contributed by atoms with Crippen molar-refractivity contribution in [2.75, 3.05) is 13.9 Å². The molecule has 3 nitrogen and oxygen atoms in total. The second-order valence-electron chi connectivity index (χ2n) is 3.09. The number of ketones is 1. The van der Waals surface area contributed by atoms with Gasteiger partial charge in [-0.25, -0.2) is 0 Å². The molecule has 0 fully saturated rings. The Morgan fingerprint density at radius 2 is 2.14 bits per heavy atom. The first kappa shape index (κ1) is 10.7. The number of rotatable bonds is 4. The number of methoxy groups -OCH3 is 1. The maximum absolute atomic E-state index is 11.1. The largest absolute Gasteiger partial charge is 0.467 e. The van der Waals surface area contributed by atoms with Crippen LogP contribution in [0.25, 0.3) is 0 Å². The number of ether oxygens (including phenoxy) is 2. The lowest BCUT2D eigenvalue weighted by molar-refractivity contribution is 0.0505. The van der Waals surface area contributed by atoms with E-state index in [1.165, 1.54) is 6.92 Å². The molecule has 0 radical (unpaired) electrons. The molecule has 14 heavy (non-hydrogen) atoms. The second-order valence-corrected chi connectivity index (χ2v) is 3.09. The normalized spacial score (nSPS) is 9.93. The van der Waals surface area contributed by atoms with Gasteiger partial charge in [0.15, 0.2) is 12.6 Å². The fourth-order valence-corrected chi connectivity index (χ4v) is 1.10. The third kappa shape index (κ3) is 2.57. The van der Waals surface area contributed by atoms with Gasteiger partial charge in [-0.1, -0.05) is 12.1 Å². The number of hydrogen-bond donors (Lipinski definition) is 0. The highest BCUT2D eigenvalue weighted by molar-refractivity contribution is 5.94. The first-order chi connectivity index (χ1) is 6.65. The third-order valence-corrected chi connectivity index (χ3v) is 1.93. The Labute approximate surface area is 83.6 Å². The lowest BCUT2D eigenvalue weighted by Crippen LogP contribution is -2.02. The Kier molecular flexibility index (Phi) is 3.65. The van der Waals surface area contributed by atoms with Gasteiger partial charge >= 0.3 is 0 Å². The summed E-state index contributed by atoms with van der Waals surface area (Å²) in [5.41, 5.74) is 1.65. The Bertz CT molecular complexity index is 331. The van der Waals surface area contributed by atoms with Gasteiger partial charge in [0.05, 0.1) is 0 Å². The van der Waals surface area contributed by atoms with Crippen LogP contribution in [-0.2, 0) is 4.74 Å². The van der Waals surface area contributed by atoms with E-state index in [2.05, 4.69) is 0 Å². The minimum Gasteiger partial charge on any atom is -0.467 e. The van der Waals surface area contributed by atoms with Crippen LogP contribution in [0.15, 0.2) is 18.2 Å². The molecule has 3 heteroatoms. The molecule has 0 heterocycles. The van der Waals surface area contributed by atoms with Gasteiger partial charge in [-0.15, -0.1) is 0 Å². The maximum Gasteiger partial charge on any atom is 0.188 e. The van der Waals surface area contributed by atoms with Crippen LogP contribution in [0.5, 0.6) is 5.75 Å². The van der Waals surface area contributed by atoms with Gasteiger partial charge in [0.25, 0.3) is 0 Å². The number of carbonyl (C=O) groups is 1. The Hall–Kier alpha value is -1.35. The zero-order valence-electron chi connectivity index (χ0n) is 8.66. The number of hydrogen-bond acceptors (Lipinski definition) is 3.